The molecule has 0 saturated carbocycles. The average Bonchev–Trinajstić information content (AvgIpc) is 2.91. The minimum absolute atomic E-state index is 0.113. The number of benzene rings is 1. The Hall–Kier alpha value is -1.96. The van der Waals surface area contributed by atoms with Gasteiger partial charge in [0.05, 0.1) is 5.01 Å². The number of ether oxygens (including phenoxy) is 1. The lowest BCUT2D eigenvalue weighted by Gasteiger charge is -2.20. The minimum atomic E-state index is -0.584. The third kappa shape index (κ3) is 6.27. The van der Waals surface area contributed by atoms with Gasteiger partial charge >= 0.3 is 0 Å². The lowest BCUT2D eigenvalue weighted by atomic mass is 10.3. The highest BCUT2D eigenvalue weighted by atomic mass is 32.1. The lowest BCUT2D eigenvalue weighted by Crippen LogP contribution is -2.32. The molecule has 0 bridgehead atoms. The fourth-order valence-electron chi connectivity index (χ4n) is 2.25. The molecule has 0 aliphatic carbocycles. The molecule has 130 valence electrons. The lowest BCUT2D eigenvalue weighted by molar-refractivity contribution is -0.114. The van der Waals surface area contributed by atoms with Gasteiger partial charge in [-0.25, -0.2) is 4.98 Å². The number of nitrogens with zero attached hydrogens (tertiary/aromatic N) is 2. The molecular formula is C17H23N3O3S. The zero-order chi connectivity index (χ0) is 17.5. The van der Waals surface area contributed by atoms with Gasteiger partial charge in [0.1, 0.15) is 18.5 Å². The maximum absolute atomic E-state index is 11.0. The molecular weight excluding hydrogens is 326 g/mol. The van der Waals surface area contributed by atoms with Crippen molar-refractivity contribution < 1.29 is 14.6 Å². The molecule has 1 unspecified atom stereocenters. The number of thiazole rings is 1. The summed E-state index contributed by atoms with van der Waals surface area (Å²) in [7, 11) is 1.96. The number of carbonyl (C=O) groups is 1. The molecule has 0 radical (unpaired) electrons. The van der Waals surface area contributed by atoms with Crippen LogP contribution in [-0.4, -0.2) is 47.2 Å². The number of carbonyl (C=O) groups excluding carboxylic acids is 1. The highest BCUT2D eigenvalue weighted by Crippen LogP contribution is 2.16. The first-order chi connectivity index (χ1) is 11.4. The zero-order valence-corrected chi connectivity index (χ0v) is 15.0. The van der Waals surface area contributed by atoms with Crippen molar-refractivity contribution in [1.29, 1.82) is 0 Å². The molecule has 24 heavy (non-hydrogen) atoms. The first-order valence-corrected chi connectivity index (χ1v) is 8.52. The van der Waals surface area contributed by atoms with E-state index in [-0.39, 0.29) is 12.5 Å². The molecule has 1 amide bonds. The van der Waals surface area contributed by atoms with E-state index in [1.807, 2.05) is 25.1 Å². The van der Waals surface area contributed by atoms with Crippen LogP contribution in [0.4, 0.5) is 5.69 Å². The first-order valence-electron chi connectivity index (χ1n) is 7.70. The normalized spacial score (nSPS) is 12.2. The molecule has 1 heterocycles. The summed E-state index contributed by atoms with van der Waals surface area (Å²) in [5.41, 5.74) is 0.718. The van der Waals surface area contributed by atoms with E-state index in [4.69, 9.17) is 4.74 Å². The minimum Gasteiger partial charge on any atom is -0.491 e. The first kappa shape index (κ1) is 18.4. The van der Waals surface area contributed by atoms with Crippen LogP contribution >= 0.6 is 11.3 Å². The van der Waals surface area contributed by atoms with Crippen LogP contribution in [-0.2, 0) is 11.3 Å². The number of aliphatic hydroxyl groups excluding tert-OH is 1. The smallest absolute Gasteiger partial charge is 0.221 e. The monoisotopic (exact) mass is 349 g/mol. The summed E-state index contributed by atoms with van der Waals surface area (Å²) in [6.45, 7) is 4.93. The fourth-order valence-corrected chi connectivity index (χ4v) is 3.13. The van der Waals surface area contributed by atoms with Crippen molar-refractivity contribution in [3.8, 4) is 5.75 Å². The molecule has 2 aromatic rings. The molecule has 6 nitrogen and oxygen atoms in total. The van der Waals surface area contributed by atoms with Gasteiger partial charge < -0.3 is 15.2 Å². The van der Waals surface area contributed by atoms with E-state index >= 15 is 0 Å². The molecule has 7 heteroatoms. The van der Waals surface area contributed by atoms with Crippen molar-refractivity contribution in [3.63, 3.8) is 0 Å². The molecule has 0 saturated heterocycles. The van der Waals surface area contributed by atoms with Crippen LogP contribution in [0.2, 0.25) is 0 Å². The zero-order valence-electron chi connectivity index (χ0n) is 14.2. The van der Waals surface area contributed by atoms with E-state index in [2.05, 4.69) is 10.3 Å². The molecule has 2 N–H and O–H groups in total. The standard InChI is InChI=1S/C17H23N3O3S/c1-12(21)19-14-4-6-16(7-5-14)23-11-15(22)9-20(3)10-17-8-18-13(2)24-17/h4-8,15,22H,9-11H2,1-3H3,(H,19,21). The Kier molecular flexibility index (Phi) is 6.72. The second-order valence-electron chi connectivity index (χ2n) is 5.71. The summed E-state index contributed by atoms with van der Waals surface area (Å²) in [5.74, 6) is 0.544. The Morgan fingerprint density at radius 2 is 2.12 bits per heavy atom. The highest BCUT2D eigenvalue weighted by molar-refractivity contribution is 7.11. The predicted octanol–water partition coefficient (Wildman–Crippen LogP) is 2.28. The Bertz CT molecular complexity index is 657. The Balaban J connectivity index is 1.73. The van der Waals surface area contributed by atoms with Gasteiger partial charge in [-0.15, -0.1) is 11.3 Å². The molecule has 2 rings (SSSR count). The van der Waals surface area contributed by atoms with Crippen LogP contribution in [0.25, 0.3) is 0 Å². The number of aryl methyl sites for hydroxylation is 1. The maximum atomic E-state index is 11.0. The molecule has 0 fully saturated rings. The number of aromatic nitrogens is 1. The van der Waals surface area contributed by atoms with Crippen LogP contribution in [0.1, 0.15) is 16.8 Å². The van der Waals surface area contributed by atoms with Crippen LogP contribution in [0.5, 0.6) is 5.75 Å². The quantitative estimate of drug-likeness (QED) is 0.765. The molecule has 1 aromatic heterocycles. The number of hydrogen-bond donors (Lipinski definition) is 2. The van der Waals surface area contributed by atoms with E-state index in [0.717, 1.165) is 17.2 Å². The summed E-state index contributed by atoms with van der Waals surface area (Å²) in [5, 5.41) is 13.8. The average molecular weight is 349 g/mol. The van der Waals surface area contributed by atoms with E-state index < -0.39 is 6.10 Å². The van der Waals surface area contributed by atoms with Gasteiger partial charge in [0.15, 0.2) is 0 Å². The summed E-state index contributed by atoms with van der Waals surface area (Å²) >= 11 is 1.66. The number of likely N-dealkylation sites (N-methyl/N-ethyl adjacent to an activating group) is 1. The SMILES string of the molecule is CC(=O)Nc1ccc(OCC(O)CN(C)Cc2cnc(C)s2)cc1. The number of rotatable bonds is 8. The van der Waals surface area contributed by atoms with E-state index in [9.17, 15) is 9.90 Å². The van der Waals surface area contributed by atoms with Crippen molar-refractivity contribution >= 4 is 22.9 Å². The van der Waals surface area contributed by atoms with E-state index in [1.54, 1.807) is 35.6 Å². The van der Waals surface area contributed by atoms with Crippen LogP contribution < -0.4 is 10.1 Å². The maximum Gasteiger partial charge on any atom is 0.221 e. The Morgan fingerprint density at radius 1 is 1.42 bits per heavy atom. The van der Waals surface area contributed by atoms with Crippen molar-refractivity contribution in [2.75, 3.05) is 25.5 Å². The van der Waals surface area contributed by atoms with Gasteiger partial charge in [0, 0.05) is 36.8 Å². The van der Waals surface area contributed by atoms with Gasteiger partial charge in [0.25, 0.3) is 0 Å². The van der Waals surface area contributed by atoms with Gasteiger partial charge in [-0.1, -0.05) is 0 Å². The molecule has 1 aromatic carbocycles. The number of nitrogens with one attached hydrogen (secondary N) is 1. The highest BCUT2D eigenvalue weighted by Gasteiger charge is 2.11. The van der Waals surface area contributed by atoms with Gasteiger partial charge in [-0.3, -0.25) is 9.69 Å². The second-order valence-corrected chi connectivity index (χ2v) is 7.03. The van der Waals surface area contributed by atoms with Crippen molar-refractivity contribution in [1.82, 2.24) is 9.88 Å². The summed E-state index contributed by atoms with van der Waals surface area (Å²) < 4.78 is 5.58. The Morgan fingerprint density at radius 3 is 2.71 bits per heavy atom. The van der Waals surface area contributed by atoms with Crippen LogP contribution in [0.3, 0.4) is 0 Å². The predicted molar refractivity (Wildman–Crippen MR) is 95.4 cm³/mol. The summed E-state index contributed by atoms with van der Waals surface area (Å²) in [6.07, 6.45) is 1.29. The van der Waals surface area contributed by atoms with E-state index in [1.165, 1.54) is 11.8 Å². The number of hydrogen-bond acceptors (Lipinski definition) is 6. The van der Waals surface area contributed by atoms with Crippen molar-refractivity contribution in [3.05, 3.63) is 40.3 Å². The largest absolute Gasteiger partial charge is 0.491 e. The fraction of sp³-hybridized carbons (Fsp3) is 0.412. The van der Waals surface area contributed by atoms with E-state index in [0.29, 0.717) is 12.3 Å². The third-order valence-corrected chi connectivity index (χ3v) is 4.13. The molecule has 1 atom stereocenters. The molecule has 0 aliphatic heterocycles. The molecule has 0 aliphatic rings. The Labute approximate surface area is 146 Å². The number of amides is 1. The molecule has 0 spiro atoms. The van der Waals surface area contributed by atoms with Crippen LogP contribution in [0, 0.1) is 6.92 Å². The van der Waals surface area contributed by atoms with Crippen molar-refractivity contribution in [2.24, 2.45) is 0 Å². The number of aliphatic hydroxyl groups is 1. The second kappa shape index (κ2) is 8.77. The van der Waals surface area contributed by atoms with Gasteiger partial charge in [-0.2, -0.15) is 0 Å². The third-order valence-electron chi connectivity index (χ3n) is 3.23. The topological polar surface area (TPSA) is 74.7 Å². The summed E-state index contributed by atoms with van der Waals surface area (Å²) in [6, 6.07) is 7.06. The van der Waals surface area contributed by atoms with Crippen molar-refractivity contribution in [2.45, 2.75) is 26.5 Å². The van der Waals surface area contributed by atoms with Crippen LogP contribution in [0.15, 0.2) is 30.5 Å². The number of anilines is 1. The van der Waals surface area contributed by atoms with Gasteiger partial charge in [-0.05, 0) is 38.2 Å². The van der Waals surface area contributed by atoms with Gasteiger partial charge in [0.2, 0.25) is 5.91 Å². The summed E-state index contributed by atoms with van der Waals surface area (Å²) in [4.78, 5) is 18.4.